The van der Waals surface area contributed by atoms with Gasteiger partial charge in [0.05, 0.1) is 18.8 Å². The highest BCUT2D eigenvalue weighted by Gasteiger charge is 2.23. The van der Waals surface area contributed by atoms with Gasteiger partial charge in [0.15, 0.2) is 11.8 Å². The van der Waals surface area contributed by atoms with Crippen molar-refractivity contribution in [1.82, 2.24) is 25.4 Å². The monoisotopic (exact) mass is 420 g/mol. The number of aliphatic imine (C=N–C) groups is 1. The maximum absolute atomic E-state index is 5.45. The molecule has 2 N–H and O–H groups in total. The molecule has 0 saturated heterocycles. The van der Waals surface area contributed by atoms with E-state index >= 15 is 0 Å². The minimum absolute atomic E-state index is 0.147. The van der Waals surface area contributed by atoms with Crippen LogP contribution in [0.2, 0.25) is 0 Å². The molecule has 2 unspecified atom stereocenters. The van der Waals surface area contributed by atoms with Gasteiger partial charge in [-0.15, -0.1) is 0 Å². The summed E-state index contributed by atoms with van der Waals surface area (Å²) >= 11 is 0. The standard InChI is InChI=1S/C24H32N6O/c1-17(2)23-28-22-12-11-20(16-30(22)29-23)27-24(25-14-13-21-10-7-15-31-21)26-18(3)19-8-5-4-6-9-19/h4-10,15,17-18,20H,11-14,16H2,1-3H3,(H2,25,26,27). The van der Waals surface area contributed by atoms with Crippen molar-refractivity contribution in [3.8, 4) is 0 Å². The van der Waals surface area contributed by atoms with Gasteiger partial charge in [-0.1, -0.05) is 44.2 Å². The zero-order valence-corrected chi connectivity index (χ0v) is 18.6. The number of rotatable bonds is 7. The van der Waals surface area contributed by atoms with Gasteiger partial charge in [-0.2, -0.15) is 5.10 Å². The van der Waals surface area contributed by atoms with Crippen molar-refractivity contribution < 1.29 is 4.42 Å². The minimum Gasteiger partial charge on any atom is -0.469 e. The fourth-order valence-electron chi connectivity index (χ4n) is 3.78. The Morgan fingerprint density at radius 2 is 2.03 bits per heavy atom. The van der Waals surface area contributed by atoms with E-state index in [-0.39, 0.29) is 12.1 Å². The summed E-state index contributed by atoms with van der Waals surface area (Å²) < 4.78 is 7.50. The van der Waals surface area contributed by atoms with Crippen LogP contribution in [0.5, 0.6) is 0 Å². The first-order valence-corrected chi connectivity index (χ1v) is 11.2. The van der Waals surface area contributed by atoms with E-state index in [4.69, 9.17) is 19.5 Å². The van der Waals surface area contributed by atoms with E-state index in [1.54, 1.807) is 6.26 Å². The van der Waals surface area contributed by atoms with Crippen molar-refractivity contribution in [2.75, 3.05) is 6.54 Å². The maximum atomic E-state index is 5.45. The van der Waals surface area contributed by atoms with Crippen LogP contribution in [0.15, 0.2) is 58.1 Å². The van der Waals surface area contributed by atoms with Crippen molar-refractivity contribution in [3.05, 3.63) is 71.7 Å². The minimum atomic E-state index is 0.147. The lowest BCUT2D eigenvalue weighted by Crippen LogP contribution is -2.47. The Labute approximate surface area is 184 Å². The third-order valence-corrected chi connectivity index (χ3v) is 5.59. The molecule has 2 atom stereocenters. The van der Waals surface area contributed by atoms with Crippen LogP contribution < -0.4 is 10.6 Å². The van der Waals surface area contributed by atoms with Crippen molar-refractivity contribution in [2.24, 2.45) is 4.99 Å². The second kappa shape index (κ2) is 9.81. The summed E-state index contributed by atoms with van der Waals surface area (Å²) in [5.74, 6) is 4.13. The van der Waals surface area contributed by atoms with Crippen LogP contribution in [0.1, 0.15) is 62.1 Å². The van der Waals surface area contributed by atoms with Crippen LogP contribution in [0.4, 0.5) is 0 Å². The van der Waals surface area contributed by atoms with Crippen molar-refractivity contribution in [3.63, 3.8) is 0 Å². The van der Waals surface area contributed by atoms with Gasteiger partial charge in [0.1, 0.15) is 11.6 Å². The van der Waals surface area contributed by atoms with E-state index in [1.165, 1.54) is 5.56 Å². The van der Waals surface area contributed by atoms with Gasteiger partial charge < -0.3 is 15.1 Å². The number of hydrogen-bond acceptors (Lipinski definition) is 4. The Morgan fingerprint density at radius 3 is 2.77 bits per heavy atom. The molecule has 1 aromatic carbocycles. The van der Waals surface area contributed by atoms with Crippen LogP contribution in [-0.2, 0) is 19.4 Å². The van der Waals surface area contributed by atoms with Crippen LogP contribution in [0.3, 0.4) is 0 Å². The number of furan rings is 1. The molecule has 7 heteroatoms. The summed E-state index contributed by atoms with van der Waals surface area (Å²) in [4.78, 5) is 9.53. The smallest absolute Gasteiger partial charge is 0.192 e. The third kappa shape index (κ3) is 5.54. The Morgan fingerprint density at radius 1 is 1.19 bits per heavy atom. The van der Waals surface area contributed by atoms with E-state index in [9.17, 15) is 0 Å². The SMILES string of the molecule is CC(C)c1nc2n(n1)CC(NC(=NCCc1ccco1)NC(C)c1ccccc1)CC2. The molecule has 0 spiro atoms. The number of nitrogens with zero attached hydrogens (tertiary/aromatic N) is 4. The number of guanidine groups is 1. The van der Waals surface area contributed by atoms with Gasteiger partial charge >= 0.3 is 0 Å². The summed E-state index contributed by atoms with van der Waals surface area (Å²) in [5.41, 5.74) is 1.23. The number of aromatic nitrogens is 3. The summed E-state index contributed by atoms with van der Waals surface area (Å²) in [5, 5.41) is 11.9. The van der Waals surface area contributed by atoms with Crippen molar-refractivity contribution >= 4 is 5.96 Å². The molecule has 4 rings (SSSR count). The average molecular weight is 421 g/mol. The number of aryl methyl sites for hydroxylation is 1. The molecule has 0 aliphatic carbocycles. The number of fused-ring (bicyclic) bond motifs is 1. The average Bonchev–Trinajstić information content (AvgIpc) is 3.44. The molecule has 0 fully saturated rings. The molecule has 31 heavy (non-hydrogen) atoms. The summed E-state index contributed by atoms with van der Waals surface area (Å²) in [6, 6.07) is 14.7. The molecular formula is C24H32N6O. The molecule has 164 valence electrons. The molecule has 1 aliphatic heterocycles. The lowest BCUT2D eigenvalue weighted by Gasteiger charge is -2.27. The molecule has 1 aliphatic rings. The van der Waals surface area contributed by atoms with Crippen LogP contribution in [0.25, 0.3) is 0 Å². The van der Waals surface area contributed by atoms with Gasteiger partial charge in [-0.3, -0.25) is 4.99 Å². The van der Waals surface area contributed by atoms with Crippen LogP contribution in [0, 0.1) is 0 Å². The van der Waals surface area contributed by atoms with E-state index in [0.717, 1.165) is 49.2 Å². The molecule has 3 aromatic rings. The predicted octanol–water partition coefficient (Wildman–Crippen LogP) is 3.85. The highest BCUT2D eigenvalue weighted by Crippen LogP contribution is 2.17. The van der Waals surface area contributed by atoms with Crippen LogP contribution in [-0.4, -0.2) is 33.3 Å². The van der Waals surface area contributed by atoms with Crippen LogP contribution >= 0.6 is 0 Å². The molecule has 0 saturated carbocycles. The number of nitrogens with one attached hydrogen (secondary N) is 2. The first kappa shape index (κ1) is 21.2. The summed E-state index contributed by atoms with van der Waals surface area (Å²) in [6.07, 6.45) is 4.41. The van der Waals surface area contributed by atoms with E-state index < -0.39 is 0 Å². The molecule has 0 radical (unpaired) electrons. The number of benzene rings is 1. The first-order valence-electron chi connectivity index (χ1n) is 11.2. The molecule has 0 bridgehead atoms. The highest BCUT2D eigenvalue weighted by molar-refractivity contribution is 5.80. The zero-order valence-electron chi connectivity index (χ0n) is 18.6. The normalized spacial score (nSPS) is 17.4. The Hall–Kier alpha value is -3.09. The Bertz CT molecular complexity index is 977. The largest absolute Gasteiger partial charge is 0.469 e. The van der Waals surface area contributed by atoms with Gasteiger partial charge in [0, 0.05) is 31.3 Å². The number of hydrogen-bond donors (Lipinski definition) is 2. The van der Waals surface area contributed by atoms with Crippen molar-refractivity contribution in [2.45, 2.75) is 64.6 Å². The molecule has 2 aromatic heterocycles. The fraction of sp³-hybridized carbons (Fsp3) is 0.458. The molecule has 0 amide bonds. The second-order valence-electron chi connectivity index (χ2n) is 8.44. The lowest BCUT2D eigenvalue weighted by molar-refractivity contribution is 0.390. The Balaban J connectivity index is 1.44. The molecule has 3 heterocycles. The van der Waals surface area contributed by atoms with Gasteiger partial charge in [0.2, 0.25) is 0 Å². The van der Waals surface area contributed by atoms with E-state index in [2.05, 4.69) is 60.4 Å². The second-order valence-corrected chi connectivity index (χ2v) is 8.44. The van der Waals surface area contributed by atoms with E-state index in [0.29, 0.717) is 12.5 Å². The van der Waals surface area contributed by atoms with Gasteiger partial charge in [-0.05, 0) is 31.0 Å². The fourth-order valence-corrected chi connectivity index (χ4v) is 3.78. The van der Waals surface area contributed by atoms with Gasteiger partial charge in [0.25, 0.3) is 0 Å². The third-order valence-electron chi connectivity index (χ3n) is 5.59. The maximum Gasteiger partial charge on any atom is 0.192 e. The van der Waals surface area contributed by atoms with Gasteiger partial charge in [-0.25, -0.2) is 9.67 Å². The van der Waals surface area contributed by atoms with Crippen molar-refractivity contribution in [1.29, 1.82) is 0 Å². The topological polar surface area (TPSA) is 80.3 Å². The first-order chi connectivity index (χ1) is 15.1. The quantitative estimate of drug-likeness (QED) is 0.448. The highest BCUT2D eigenvalue weighted by atomic mass is 16.3. The Kier molecular flexibility index (Phi) is 6.70. The lowest BCUT2D eigenvalue weighted by atomic mass is 10.1. The summed E-state index contributed by atoms with van der Waals surface area (Å²) in [6.45, 7) is 7.88. The zero-order chi connectivity index (χ0) is 21.6. The summed E-state index contributed by atoms with van der Waals surface area (Å²) in [7, 11) is 0. The predicted molar refractivity (Wildman–Crippen MR) is 122 cm³/mol. The molecular weight excluding hydrogens is 388 g/mol. The van der Waals surface area contributed by atoms with E-state index in [1.807, 2.05) is 18.2 Å². The molecule has 7 nitrogen and oxygen atoms in total.